The molecule has 25 heteroatoms. The third-order valence-electron chi connectivity index (χ3n) is 20.6. The average molecular weight is 1420 g/mol. The van der Waals surface area contributed by atoms with Crippen LogP contribution in [0.15, 0.2) is 315 Å². The summed E-state index contributed by atoms with van der Waals surface area (Å²) < 4.78 is 32.2. The Morgan fingerprint density at radius 1 is 0.252 bits per heavy atom. The predicted octanol–water partition coefficient (Wildman–Crippen LogP) is 9.98. The van der Waals surface area contributed by atoms with Crippen LogP contribution in [0.5, 0.6) is 18.0 Å². The molecule has 8 aliphatic rings. The fourth-order valence-electron chi connectivity index (χ4n) is 16.0. The molecule has 0 saturated carbocycles. The molecule has 8 aliphatic heterocycles. The third-order valence-corrected chi connectivity index (χ3v) is 27.8. The van der Waals surface area contributed by atoms with E-state index >= 15 is 0 Å². The lowest BCUT2D eigenvalue weighted by Crippen LogP contribution is -2.71. The first-order chi connectivity index (χ1) is 53.0. The van der Waals surface area contributed by atoms with E-state index in [9.17, 15) is 5.11 Å². The highest BCUT2D eigenvalue weighted by Crippen LogP contribution is 2.46. The minimum atomic E-state index is -4.91. The van der Waals surface area contributed by atoms with E-state index in [1.54, 1.807) is 0 Å². The normalized spacial score (nSPS) is 17.6. The lowest BCUT2D eigenvalue weighted by Gasteiger charge is -2.35. The maximum absolute atomic E-state index is 10.6. The van der Waals surface area contributed by atoms with Crippen molar-refractivity contribution in [3.63, 3.8) is 0 Å². The number of amidine groups is 8. The van der Waals surface area contributed by atoms with Gasteiger partial charge in [0.1, 0.15) is 45.2 Å². The first-order valence-electron chi connectivity index (χ1n) is 35.0. The number of hydrogen-bond donors (Lipinski definition) is 1. The quantitative estimate of drug-likeness (QED) is 0.102. The molecule has 23 rings (SSSR count). The van der Waals surface area contributed by atoms with Crippen LogP contribution in [-0.2, 0) is 0 Å². The molecule has 15 aromatic rings. The summed E-state index contributed by atoms with van der Waals surface area (Å²) >= 11 is 0. The second-order valence-electron chi connectivity index (χ2n) is 26.5. The van der Waals surface area contributed by atoms with Gasteiger partial charge in [-0.3, -0.25) is 16.9 Å². The Balaban J connectivity index is 0.884. The molecule has 13 heterocycles. The summed E-state index contributed by atoms with van der Waals surface area (Å²) in [5, 5.41) is 17.8. The van der Waals surface area contributed by atoms with Crippen molar-refractivity contribution in [3.05, 3.63) is 321 Å². The molecule has 0 aliphatic carbocycles. The molecule has 0 saturated heterocycles. The summed E-state index contributed by atoms with van der Waals surface area (Å²) in [7, 11) is -9.82. The van der Waals surface area contributed by atoms with Gasteiger partial charge in [0.15, 0.2) is 46.7 Å². The maximum Gasteiger partial charge on any atom is 0.533 e. The number of fused-ring (bicyclic) bond motifs is 28. The second-order valence-corrected chi connectivity index (χ2v) is 32.3. The molecule has 2 atom stereocenters. The van der Waals surface area contributed by atoms with Crippen molar-refractivity contribution in [3.8, 4) is 18.0 Å². The van der Waals surface area contributed by atoms with E-state index in [-0.39, 0.29) is 37.7 Å². The number of aliphatic imine (C=N–C) groups is 8. The molecule has 504 valence electrons. The Labute approximate surface area is 606 Å². The van der Waals surface area contributed by atoms with Crippen molar-refractivity contribution in [1.82, 2.24) is 31.9 Å². The molecule has 107 heavy (non-hydrogen) atoms. The zero-order valence-electron chi connectivity index (χ0n) is 56.0. The highest BCUT2D eigenvalue weighted by Gasteiger charge is 2.57. The molecule has 0 radical (unpaired) electrons. The number of aliphatic hydroxyl groups excluding tert-OH is 1. The molecular weight excluding hydrogens is 1370 g/mol. The van der Waals surface area contributed by atoms with Crippen molar-refractivity contribution < 1.29 is 18.7 Å². The van der Waals surface area contributed by atoms with Crippen LogP contribution in [0.25, 0.3) is 43.1 Å². The number of nitrogens with zero attached hydrogens (tertiary/aromatic N) is 19. The minimum Gasteiger partial charge on any atom is -0.476 e. The molecule has 0 fully saturated rings. The molecule has 12 bridgehead atoms. The van der Waals surface area contributed by atoms with E-state index in [1.165, 1.54) is 0 Å². The fourth-order valence-corrected chi connectivity index (χ4v) is 23.7. The SMILES string of the molecule is OCCCOc1nc(O[Si]2(c3ccccc3)n3c4c5ccccc5c3N=C3N=C(N=c5c6ccccc6c(n52)=NC2=NC(=N4)c4ccccc42)c2ccccc23)nc(O[Si]2(c3ccccc3)n3c4c5ccccc5c3N=C3N=C(N=c5c6ccccc6c(n52)=NC2=NC(=N4)c4ccccc42)c2ccccc23)n1. The van der Waals surface area contributed by atoms with E-state index in [0.717, 1.165) is 87.6 Å². The fraction of sp³-hybridized carbons (Fsp3) is 0.0366. The largest absolute Gasteiger partial charge is 0.533 e. The second kappa shape index (κ2) is 22.4. The van der Waals surface area contributed by atoms with E-state index in [0.29, 0.717) is 102 Å². The third kappa shape index (κ3) is 8.39. The molecule has 23 nitrogen and oxygen atoms in total. The van der Waals surface area contributed by atoms with Crippen molar-refractivity contribution in [1.29, 1.82) is 0 Å². The van der Waals surface area contributed by atoms with Gasteiger partial charge < -0.3 is 18.7 Å². The van der Waals surface area contributed by atoms with Crippen LogP contribution in [0, 0.1) is 0 Å². The van der Waals surface area contributed by atoms with Gasteiger partial charge >= 0.3 is 35.3 Å². The van der Waals surface area contributed by atoms with Gasteiger partial charge in [0, 0.05) is 111 Å². The van der Waals surface area contributed by atoms with Crippen LogP contribution >= 0.6 is 0 Å². The first kappa shape index (κ1) is 59.3. The minimum absolute atomic E-state index is 0.0266. The number of aromatic nitrogens is 7. The van der Waals surface area contributed by atoms with Gasteiger partial charge in [-0.1, -0.05) is 255 Å². The van der Waals surface area contributed by atoms with Gasteiger partial charge in [0.25, 0.3) is 0 Å². The van der Waals surface area contributed by atoms with Gasteiger partial charge in [-0.05, 0) is 0 Å². The lowest BCUT2D eigenvalue weighted by atomic mass is 10.1. The Bertz CT molecular complexity index is 6390. The summed E-state index contributed by atoms with van der Waals surface area (Å²) in [5.41, 5.74) is 8.09. The van der Waals surface area contributed by atoms with Crippen LogP contribution in [0.1, 0.15) is 50.9 Å². The maximum atomic E-state index is 10.6. The Morgan fingerprint density at radius 3 is 0.776 bits per heavy atom. The lowest BCUT2D eigenvalue weighted by molar-refractivity contribution is 0.221. The van der Waals surface area contributed by atoms with E-state index in [1.807, 2.05) is 255 Å². The van der Waals surface area contributed by atoms with Gasteiger partial charge in [-0.2, -0.15) is 0 Å². The number of rotatable bonds is 10. The van der Waals surface area contributed by atoms with Crippen molar-refractivity contribution in [2.24, 2.45) is 59.9 Å². The van der Waals surface area contributed by atoms with Crippen LogP contribution < -0.4 is 45.9 Å². The molecule has 0 amide bonds. The van der Waals surface area contributed by atoms with Gasteiger partial charge in [0.05, 0.1) is 6.61 Å². The van der Waals surface area contributed by atoms with Crippen LogP contribution in [0.2, 0.25) is 0 Å². The standard InChI is InChI=1S/C82H49N19O4Si2/c102-44-23-45-103-80-95-81(104-106(46-24-3-1-4-25-46)98-72-56-36-15-16-37-57(56)74(98)89-66-50-30-9-10-31-51(50)67(84-66)90-75-59-39-18-17-38-58(59)73(99(75)106)88-65-49-29-8-7-28-48(49)64(83-65)87-72)97-82(96-80)105-107(47-26-5-2-6-27-47)100-76-60-40-19-20-41-61(60)78(100)93-70-54-34-13-14-35-55(54)71(86-70)94-79-63-43-22-21-42-62(63)77(101(79)107)92-69-53-33-12-11-32-52(53)68(85-69)91-76/h1-22,24-43,102H,23,44-45H2. The van der Waals surface area contributed by atoms with Gasteiger partial charge in [-0.15, -0.1) is 15.0 Å². The molecule has 10 aromatic carbocycles. The Morgan fingerprint density at radius 2 is 0.495 bits per heavy atom. The van der Waals surface area contributed by atoms with Crippen molar-refractivity contribution >= 4 is 141 Å². The zero-order valence-corrected chi connectivity index (χ0v) is 58.0. The summed E-state index contributed by atoms with van der Waals surface area (Å²) in [5.74, 6) is 5.26. The van der Waals surface area contributed by atoms with E-state index < -0.39 is 17.3 Å². The molecule has 1 N–H and O–H groups in total. The zero-order chi connectivity index (χ0) is 70.2. The Kier molecular flexibility index (Phi) is 12.4. The molecule has 5 aromatic heterocycles. The molecule has 0 spiro atoms. The monoisotopic (exact) mass is 1420 g/mol. The number of aliphatic hydroxyl groups is 1. The first-order valence-corrected chi connectivity index (χ1v) is 38.6. The van der Waals surface area contributed by atoms with E-state index in [4.69, 9.17) is 88.4 Å². The molecule has 2 unspecified atom stereocenters. The highest BCUT2D eigenvalue weighted by atomic mass is 28.4. The summed E-state index contributed by atoms with van der Waals surface area (Å²) in [6.07, 6.45) is 0.213. The van der Waals surface area contributed by atoms with Crippen molar-refractivity contribution in [2.45, 2.75) is 6.42 Å². The Hall–Kier alpha value is -14.3. The smallest absolute Gasteiger partial charge is 0.476 e. The number of hydrogen-bond acceptors (Lipinski definition) is 19. The predicted molar refractivity (Wildman–Crippen MR) is 413 cm³/mol. The summed E-state index contributed by atoms with van der Waals surface area (Å²) in [6.45, 7) is -0.225. The van der Waals surface area contributed by atoms with Crippen LogP contribution in [-0.4, -0.2) is 114 Å². The molecular formula is C82H49N19O4Si2. The summed E-state index contributed by atoms with van der Waals surface area (Å²) in [4.78, 5) is 83.8. The summed E-state index contributed by atoms with van der Waals surface area (Å²) in [6, 6.07) is 83.8. The van der Waals surface area contributed by atoms with Crippen LogP contribution in [0.3, 0.4) is 0 Å². The number of ether oxygens (including phenoxy) is 1. The number of benzene rings is 10. The van der Waals surface area contributed by atoms with Crippen LogP contribution in [0.4, 0.5) is 23.3 Å². The topological polar surface area (TPSA) is 255 Å². The van der Waals surface area contributed by atoms with Crippen molar-refractivity contribution in [2.75, 3.05) is 13.2 Å². The highest BCUT2D eigenvalue weighted by molar-refractivity contribution is 6.86. The van der Waals surface area contributed by atoms with Gasteiger partial charge in [0.2, 0.25) is 0 Å². The average Bonchev–Trinajstić information content (AvgIpc) is 1.41. The van der Waals surface area contributed by atoms with E-state index in [2.05, 4.69) is 16.9 Å². The van der Waals surface area contributed by atoms with Gasteiger partial charge in [-0.25, -0.2) is 59.9 Å².